The highest BCUT2D eigenvalue weighted by Gasteiger charge is 2.26. The minimum Gasteiger partial charge on any atom is -0.493 e. The predicted octanol–water partition coefficient (Wildman–Crippen LogP) is 1.66. The maximum absolute atomic E-state index is 12.6. The third-order valence-electron chi connectivity index (χ3n) is 6.38. The number of nitriles is 1. The van der Waals surface area contributed by atoms with Gasteiger partial charge >= 0.3 is 5.76 Å². The van der Waals surface area contributed by atoms with Gasteiger partial charge in [0.25, 0.3) is 5.91 Å². The molecule has 2 N–H and O–H groups in total. The molecule has 0 spiro atoms. The molecule has 0 bridgehead atoms. The smallest absolute Gasteiger partial charge is 0.419 e. The van der Waals surface area contributed by atoms with E-state index >= 15 is 0 Å². The quantitative estimate of drug-likeness (QED) is 0.592. The number of carbonyl (C=O) groups is 1. The van der Waals surface area contributed by atoms with E-state index in [2.05, 4.69) is 16.7 Å². The molecule has 1 fully saturated rings. The molecule has 34 heavy (non-hydrogen) atoms. The van der Waals surface area contributed by atoms with Crippen LogP contribution in [0, 0.1) is 11.3 Å². The van der Waals surface area contributed by atoms with E-state index in [9.17, 15) is 14.9 Å². The van der Waals surface area contributed by atoms with E-state index in [1.165, 1.54) is 4.57 Å². The standard InChI is InChI=1S/C25H26N4O5/c1-29-20-12-15(4-6-21(20)34-25(29)31)18-5-3-16(23-19(18)7-10-33-23)11-17(13-26)28-24(30)22-14-27-8-2-9-32-22/h3-6,12,17,22,27H,2,7-11,14H2,1H3,(H,28,30)/t17-,22-/m0/s1. The summed E-state index contributed by atoms with van der Waals surface area (Å²) in [6.45, 7) is 2.32. The summed E-state index contributed by atoms with van der Waals surface area (Å²) in [4.78, 5) is 24.5. The van der Waals surface area contributed by atoms with Crippen LogP contribution < -0.4 is 21.1 Å². The van der Waals surface area contributed by atoms with Crippen molar-refractivity contribution < 1.29 is 18.7 Å². The van der Waals surface area contributed by atoms with Crippen molar-refractivity contribution in [3.8, 4) is 22.9 Å². The SMILES string of the molecule is Cn1c(=O)oc2ccc(-c3ccc(C[C@@H](C#N)NC(=O)[C@@H]4CNCCCO4)c4c3CCO4)cc21. The van der Waals surface area contributed by atoms with Gasteiger partial charge in [-0.15, -0.1) is 0 Å². The zero-order chi connectivity index (χ0) is 23.7. The Labute approximate surface area is 196 Å². The molecule has 0 aliphatic carbocycles. The molecule has 3 heterocycles. The Kier molecular flexibility index (Phi) is 6.09. The fourth-order valence-corrected chi connectivity index (χ4v) is 4.58. The summed E-state index contributed by atoms with van der Waals surface area (Å²) in [7, 11) is 1.68. The molecular weight excluding hydrogens is 436 g/mol. The zero-order valence-electron chi connectivity index (χ0n) is 18.9. The molecule has 2 aromatic carbocycles. The number of carbonyl (C=O) groups excluding carboxylic acids is 1. The number of nitrogens with zero attached hydrogens (tertiary/aromatic N) is 2. The maximum atomic E-state index is 12.6. The Bertz CT molecular complexity index is 1330. The molecule has 0 saturated carbocycles. The Hall–Kier alpha value is -3.61. The van der Waals surface area contributed by atoms with Gasteiger partial charge < -0.3 is 24.5 Å². The normalized spacial score (nSPS) is 18.5. The molecule has 2 aliphatic heterocycles. The third kappa shape index (κ3) is 4.18. The van der Waals surface area contributed by atoms with E-state index in [0.717, 1.165) is 52.9 Å². The van der Waals surface area contributed by atoms with Crippen LogP contribution in [0.15, 0.2) is 39.5 Å². The Morgan fingerprint density at radius 3 is 3.06 bits per heavy atom. The molecule has 0 unspecified atom stereocenters. The second kappa shape index (κ2) is 9.33. The van der Waals surface area contributed by atoms with Crippen molar-refractivity contribution in [3.05, 3.63) is 52.0 Å². The summed E-state index contributed by atoms with van der Waals surface area (Å²) < 4.78 is 18.3. The van der Waals surface area contributed by atoms with Crippen molar-refractivity contribution in [2.45, 2.75) is 31.4 Å². The Morgan fingerprint density at radius 1 is 1.32 bits per heavy atom. The lowest BCUT2D eigenvalue weighted by Crippen LogP contribution is -2.46. The Balaban J connectivity index is 1.39. The first kappa shape index (κ1) is 22.2. The summed E-state index contributed by atoms with van der Waals surface area (Å²) in [6.07, 6.45) is 1.33. The fourth-order valence-electron chi connectivity index (χ4n) is 4.58. The van der Waals surface area contributed by atoms with Crippen molar-refractivity contribution >= 4 is 17.0 Å². The van der Waals surface area contributed by atoms with Crippen LogP contribution in [0.1, 0.15) is 17.5 Å². The van der Waals surface area contributed by atoms with Gasteiger partial charge in [0, 0.05) is 38.6 Å². The summed E-state index contributed by atoms with van der Waals surface area (Å²) in [5.41, 5.74) is 5.18. The van der Waals surface area contributed by atoms with E-state index in [0.29, 0.717) is 31.8 Å². The molecule has 3 aromatic rings. The molecule has 1 aromatic heterocycles. The summed E-state index contributed by atoms with van der Waals surface area (Å²) in [5, 5.41) is 15.7. The van der Waals surface area contributed by atoms with Gasteiger partial charge in [-0.05, 0) is 41.8 Å². The van der Waals surface area contributed by atoms with Crippen LogP contribution in [-0.4, -0.2) is 48.9 Å². The number of nitrogens with one attached hydrogen (secondary N) is 2. The lowest BCUT2D eigenvalue weighted by atomic mass is 9.93. The number of hydrogen-bond donors (Lipinski definition) is 2. The molecule has 9 nitrogen and oxygen atoms in total. The molecule has 0 radical (unpaired) electrons. The van der Waals surface area contributed by atoms with Crippen LogP contribution in [0.2, 0.25) is 0 Å². The number of ether oxygens (including phenoxy) is 2. The highest BCUT2D eigenvalue weighted by Crippen LogP contribution is 2.39. The van der Waals surface area contributed by atoms with E-state index < -0.39 is 17.9 Å². The first-order chi connectivity index (χ1) is 16.5. The average Bonchev–Trinajstić information content (AvgIpc) is 3.32. The van der Waals surface area contributed by atoms with Gasteiger partial charge in [0.1, 0.15) is 17.9 Å². The van der Waals surface area contributed by atoms with Crippen molar-refractivity contribution in [3.63, 3.8) is 0 Å². The van der Waals surface area contributed by atoms with E-state index in [-0.39, 0.29) is 5.91 Å². The minimum atomic E-state index is -0.699. The van der Waals surface area contributed by atoms with Gasteiger partial charge in [-0.3, -0.25) is 9.36 Å². The average molecular weight is 463 g/mol. The van der Waals surface area contributed by atoms with Gasteiger partial charge in [0.05, 0.1) is 18.2 Å². The number of aryl methyl sites for hydroxylation is 1. The van der Waals surface area contributed by atoms with Crippen LogP contribution in [-0.2, 0) is 29.4 Å². The fraction of sp³-hybridized carbons (Fsp3) is 0.400. The number of amides is 1. The third-order valence-corrected chi connectivity index (χ3v) is 6.38. The van der Waals surface area contributed by atoms with Gasteiger partial charge in [0.2, 0.25) is 0 Å². The van der Waals surface area contributed by atoms with Gasteiger partial charge in [0.15, 0.2) is 5.58 Å². The number of oxazole rings is 1. The van der Waals surface area contributed by atoms with Crippen LogP contribution in [0.3, 0.4) is 0 Å². The molecule has 1 saturated heterocycles. The van der Waals surface area contributed by atoms with Crippen molar-refractivity contribution in [1.29, 1.82) is 5.26 Å². The van der Waals surface area contributed by atoms with Crippen LogP contribution in [0.25, 0.3) is 22.2 Å². The summed E-state index contributed by atoms with van der Waals surface area (Å²) in [5.74, 6) is 0.0837. The van der Waals surface area contributed by atoms with Crippen molar-refractivity contribution in [2.24, 2.45) is 7.05 Å². The highest BCUT2D eigenvalue weighted by atomic mass is 16.5. The molecule has 176 valence electrons. The topological polar surface area (TPSA) is 119 Å². The minimum absolute atomic E-state index is 0.283. The van der Waals surface area contributed by atoms with Crippen molar-refractivity contribution in [2.75, 3.05) is 26.3 Å². The first-order valence-corrected chi connectivity index (χ1v) is 11.4. The van der Waals surface area contributed by atoms with E-state index in [4.69, 9.17) is 13.9 Å². The number of aromatic nitrogens is 1. The lowest BCUT2D eigenvalue weighted by molar-refractivity contribution is -0.132. The molecular formula is C25H26N4O5. The molecule has 5 rings (SSSR count). The van der Waals surface area contributed by atoms with Crippen LogP contribution >= 0.6 is 0 Å². The summed E-state index contributed by atoms with van der Waals surface area (Å²) >= 11 is 0. The monoisotopic (exact) mass is 462 g/mol. The lowest BCUT2D eigenvalue weighted by Gasteiger charge is -2.19. The van der Waals surface area contributed by atoms with Crippen molar-refractivity contribution in [1.82, 2.24) is 15.2 Å². The second-order valence-corrected chi connectivity index (χ2v) is 8.60. The maximum Gasteiger partial charge on any atom is 0.419 e. The molecule has 2 atom stereocenters. The molecule has 1 amide bonds. The second-order valence-electron chi connectivity index (χ2n) is 8.60. The first-order valence-electron chi connectivity index (χ1n) is 11.4. The number of rotatable bonds is 5. The summed E-state index contributed by atoms with van der Waals surface area (Å²) in [6, 6.07) is 11.1. The van der Waals surface area contributed by atoms with Gasteiger partial charge in [-0.2, -0.15) is 5.26 Å². The molecule has 2 aliphatic rings. The zero-order valence-corrected chi connectivity index (χ0v) is 18.9. The predicted molar refractivity (Wildman–Crippen MR) is 125 cm³/mol. The van der Waals surface area contributed by atoms with Crippen LogP contribution in [0.4, 0.5) is 0 Å². The van der Waals surface area contributed by atoms with Gasteiger partial charge in [-0.1, -0.05) is 18.2 Å². The largest absolute Gasteiger partial charge is 0.493 e. The number of benzene rings is 2. The Morgan fingerprint density at radius 2 is 2.21 bits per heavy atom. The number of fused-ring (bicyclic) bond motifs is 2. The highest BCUT2D eigenvalue weighted by molar-refractivity contribution is 5.83. The van der Waals surface area contributed by atoms with Crippen LogP contribution in [0.5, 0.6) is 5.75 Å². The van der Waals surface area contributed by atoms with Gasteiger partial charge in [-0.25, -0.2) is 4.79 Å². The van der Waals surface area contributed by atoms with E-state index in [1.54, 1.807) is 13.1 Å². The van der Waals surface area contributed by atoms with E-state index in [1.807, 2.05) is 24.3 Å². The molecule has 9 heteroatoms. The number of hydrogen-bond acceptors (Lipinski definition) is 7.